The summed E-state index contributed by atoms with van der Waals surface area (Å²) in [6.07, 6.45) is -5.99. The Bertz CT molecular complexity index is 1100. The molecule has 0 saturated carbocycles. The molecule has 208 valence electrons. The summed E-state index contributed by atoms with van der Waals surface area (Å²) in [6.45, 7) is -0.268. The average Bonchev–Trinajstić information content (AvgIpc) is 3.27. The highest BCUT2D eigenvalue weighted by Gasteiger charge is 2.45. The lowest BCUT2D eigenvalue weighted by molar-refractivity contribution is -0.277. The molecule has 0 aliphatic carbocycles. The number of ether oxygens (including phenoxy) is 6. The number of cyclic esters (lactones) is 1. The van der Waals surface area contributed by atoms with Crippen LogP contribution < -0.4 is 18.9 Å². The zero-order chi connectivity index (χ0) is 27.4. The van der Waals surface area contributed by atoms with Crippen molar-refractivity contribution in [2.75, 3.05) is 34.5 Å². The second kappa shape index (κ2) is 12.2. The number of hydrogen-bond donors (Lipinski definition) is 4. The summed E-state index contributed by atoms with van der Waals surface area (Å²) < 4.78 is 32.7. The van der Waals surface area contributed by atoms with Gasteiger partial charge in [0.15, 0.2) is 23.0 Å². The summed E-state index contributed by atoms with van der Waals surface area (Å²) in [5, 5.41) is 39.7. The molecule has 2 aromatic carbocycles. The number of esters is 1. The highest BCUT2D eigenvalue weighted by molar-refractivity contribution is 5.75. The molecule has 2 aromatic rings. The Morgan fingerprint density at radius 1 is 0.816 bits per heavy atom. The van der Waals surface area contributed by atoms with Crippen LogP contribution in [0, 0.1) is 11.8 Å². The summed E-state index contributed by atoms with van der Waals surface area (Å²) in [7, 11) is 4.59. The van der Waals surface area contributed by atoms with Gasteiger partial charge < -0.3 is 48.8 Å². The fraction of sp³-hybridized carbons (Fsp3) is 0.519. The SMILES string of the molecule is COc1ccc(C[C@H]2C(=O)OC[C@@H]2Cc2ccc(O[C@@H]3O[C@H](CO)[C@@H](O)[C@H](O)[C@H]3O)c(OC)c2)cc1OC. The standard InChI is InChI=1S/C27H34O11/c1-33-18-6-4-15(11-20(18)34-2)9-17-16(13-36-26(17)32)8-14-5-7-19(21(10-14)35-3)37-27-25(31)24(30)23(29)22(12-28)38-27/h4-7,10-11,16-17,22-25,27-31H,8-9,12-13H2,1-3H3/t16-,17+,22+,23+,24-,25+,27+/m0/s1. The van der Waals surface area contributed by atoms with Crippen molar-refractivity contribution >= 4 is 5.97 Å². The number of methoxy groups -OCH3 is 3. The van der Waals surface area contributed by atoms with Crippen molar-refractivity contribution in [2.24, 2.45) is 11.8 Å². The van der Waals surface area contributed by atoms with E-state index in [4.69, 9.17) is 28.4 Å². The lowest BCUT2D eigenvalue weighted by Crippen LogP contribution is -2.60. The number of rotatable bonds is 10. The first-order valence-corrected chi connectivity index (χ1v) is 12.3. The molecule has 11 heteroatoms. The van der Waals surface area contributed by atoms with Crippen LogP contribution in [0.15, 0.2) is 36.4 Å². The molecule has 2 fully saturated rings. The normalized spacial score (nSPS) is 29.0. The highest BCUT2D eigenvalue weighted by Crippen LogP contribution is 2.36. The maximum Gasteiger partial charge on any atom is 0.309 e. The molecule has 0 amide bonds. The second-order valence-corrected chi connectivity index (χ2v) is 9.39. The van der Waals surface area contributed by atoms with Crippen molar-refractivity contribution in [2.45, 2.75) is 43.5 Å². The van der Waals surface area contributed by atoms with E-state index in [2.05, 4.69) is 0 Å². The third-order valence-electron chi connectivity index (χ3n) is 7.03. The summed E-state index contributed by atoms with van der Waals surface area (Å²) in [5.74, 6) is 1.12. The van der Waals surface area contributed by atoms with Gasteiger partial charge in [-0.2, -0.15) is 0 Å². The fourth-order valence-electron chi connectivity index (χ4n) is 4.85. The van der Waals surface area contributed by atoms with E-state index in [9.17, 15) is 25.2 Å². The van der Waals surface area contributed by atoms with E-state index in [-0.39, 0.29) is 23.6 Å². The molecule has 4 N–H and O–H groups in total. The monoisotopic (exact) mass is 534 g/mol. The molecule has 2 aliphatic rings. The molecule has 0 bridgehead atoms. The predicted octanol–water partition coefficient (Wildman–Crippen LogP) is 0.466. The highest BCUT2D eigenvalue weighted by atomic mass is 16.7. The van der Waals surface area contributed by atoms with Gasteiger partial charge in [-0.1, -0.05) is 12.1 Å². The molecule has 2 aliphatic heterocycles. The predicted molar refractivity (Wildman–Crippen MR) is 132 cm³/mol. The fourth-order valence-corrected chi connectivity index (χ4v) is 4.85. The van der Waals surface area contributed by atoms with Crippen LogP contribution in [0.25, 0.3) is 0 Å². The number of aliphatic hydroxyl groups excluding tert-OH is 4. The van der Waals surface area contributed by atoms with E-state index in [1.807, 2.05) is 18.2 Å². The van der Waals surface area contributed by atoms with Gasteiger partial charge in [0.05, 0.1) is 40.5 Å². The van der Waals surface area contributed by atoms with Crippen LogP contribution in [0.2, 0.25) is 0 Å². The molecule has 7 atom stereocenters. The summed E-state index contributed by atoms with van der Waals surface area (Å²) >= 11 is 0. The molecule has 0 unspecified atom stereocenters. The van der Waals surface area contributed by atoms with Crippen molar-refractivity contribution in [1.29, 1.82) is 0 Å². The largest absolute Gasteiger partial charge is 0.493 e. The third-order valence-corrected chi connectivity index (χ3v) is 7.03. The number of carbonyl (C=O) groups excluding carboxylic acids is 1. The first-order chi connectivity index (χ1) is 18.3. The van der Waals surface area contributed by atoms with Gasteiger partial charge in [0.2, 0.25) is 6.29 Å². The van der Waals surface area contributed by atoms with Crippen LogP contribution in [0.4, 0.5) is 0 Å². The average molecular weight is 535 g/mol. The minimum atomic E-state index is -1.56. The topological polar surface area (TPSA) is 153 Å². The molecule has 2 saturated heterocycles. The summed E-state index contributed by atoms with van der Waals surface area (Å²) in [5.41, 5.74) is 1.81. The minimum absolute atomic E-state index is 0.0717. The Kier molecular flexibility index (Phi) is 8.95. The van der Waals surface area contributed by atoms with Crippen molar-refractivity contribution in [3.8, 4) is 23.0 Å². The van der Waals surface area contributed by atoms with Crippen molar-refractivity contribution in [3.63, 3.8) is 0 Å². The summed E-state index contributed by atoms with van der Waals surface area (Å²) in [6, 6.07) is 10.8. The van der Waals surface area contributed by atoms with Gasteiger partial charge in [-0.05, 0) is 48.2 Å². The summed E-state index contributed by atoms with van der Waals surface area (Å²) in [4.78, 5) is 12.6. The number of aliphatic hydroxyl groups is 4. The van der Waals surface area contributed by atoms with Gasteiger partial charge in [0, 0.05) is 5.92 Å². The Labute approximate surface area is 220 Å². The molecule has 38 heavy (non-hydrogen) atoms. The van der Waals surface area contributed by atoms with Gasteiger partial charge in [-0.25, -0.2) is 0 Å². The number of carbonyl (C=O) groups is 1. The smallest absolute Gasteiger partial charge is 0.309 e. The Balaban J connectivity index is 1.47. The molecule has 11 nitrogen and oxygen atoms in total. The zero-order valence-electron chi connectivity index (χ0n) is 21.5. The van der Waals surface area contributed by atoms with E-state index in [1.165, 1.54) is 7.11 Å². The van der Waals surface area contributed by atoms with Gasteiger partial charge in [0.1, 0.15) is 24.4 Å². The molecule has 0 aromatic heterocycles. The van der Waals surface area contributed by atoms with Gasteiger partial charge in [-0.3, -0.25) is 4.79 Å². The maximum absolute atomic E-state index is 12.6. The third kappa shape index (κ3) is 5.82. The Morgan fingerprint density at radius 3 is 2.05 bits per heavy atom. The van der Waals surface area contributed by atoms with E-state index in [0.717, 1.165) is 11.1 Å². The van der Waals surface area contributed by atoms with Crippen LogP contribution in [0.3, 0.4) is 0 Å². The number of hydrogen-bond acceptors (Lipinski definition) is 11. The van der Waals surface area contributed by atoms with Crippen LogP contribution in [-0.4, -0.2) is 91.6 Å². The minimum Gasteiger partial charge on any atom is -0.493 e. The van der Waals surface area contributed by atoms with E-state index >= 15 is 0 Å². The Morgan fingerprint density at radius 2 is 1.42 bits per heavy atom. The van der Waals surface area contributed by atoms with E-state index in [0.29, 0.717) is 36.7 Å². The molecular formula is C27H34O11. The van der Waals surface area contributed by atoms with Gasteiger partial charge >= 0.3 is 5.97 Å². The lowest BCUT2D eigenvalue weighted by atomic mass is 9.85. The van der Waals surface area contributed by atoms with Crippen LogP contribution >= 0.6 is 0 Å². The van der Waals surface area contributed by atoms with E-state index < -0.39 is 37.3 Å². The van der Waals surface area contributed by atoms with Gasteiger partial charge in [0.25, 0.3) is 0 Å². The molecule has 2 heterocycles. The van der Waals surface area contributed by atoms with Crippen LogP contribution in [0.5, 0.6) is 23.0 Å². The first kappa shape index (κ1) is 27.9. The quantitative estimate of drug-likeness (QED) is 0.315. The van der Waals surface area contributed by atoms with Crippen LogP contribution in [-0.2, 0) is 27.1 Å². The lowest BCUT2D eigenvalue weighted by Gasteiger charge is -2.39. The van der Waals surface area contributed by atoms with Crippen molar-refractivity contribution < 1.29 is 53.6 Å². The molecule has 0 spiro atoms. The Hall–Kier alpha value is -3.09. The van der Waals surface area contributed by atoms with Crippen LogP contribution in [0.1, 0.15) is 11.1 Å². The first-order valence-electron chi connectivity index (χ1n) is 12.3. The maximum atomic E-state index is 12.6. The van der Waals surface area contributed by atoms with Crippen molar-refractivity contribution in [1.82, 2.24) is 0 Å². The van der Waals surface area contributed by atoms with Gasteiger partial charge in [-0.15, -0.1) is 0 Å². The number of benzene rings is 2. The second-order valence-electron chi connectivity index (χ2n) is 9.39. The molecule has 4 rings (SSSR count). The zero-order valence-corrected chi connectivity index (χ0v) is 21.5. The molecule has 0 radical (unpaired) electrons. The van der Waals surface area contributed by atoms with E-state index in [1.54, 1.807) is 32.4 Å². The molecular weight excluding hydrogens is 500 g/mol. The van der Waals surface area contributed by atoms with Crippen molar-refractivity contribution in [3.05, 3.63) is 47.5 Å².